The van der Waals surface area contributed by atoms with Crippen molar-refractivity contribution in [1.29, 1.82) is 0 Å². The van der Waals surface area contributed by atoms with Gasteiger partial charge in [-0.2, -0.15) is 0 Å². The molecule has 0 heterocycles. The van der Waals surface area contributed by atoms with Crippen LogP contribution in [0.25, 0.3) is 0 Å². The number of hydrogen-bond donors (Lipinski definition) is 2. The minimum absolute atomic E-state index is 0.0653. The van der Waals surface area contributed by atoms with Crippen LogP contribution in [0.5, 0.6) is 11.5 Å². The van der Waals surface area contributed by atoms with Crippen molar-refractivity contribution in [2.24, 2.45) is 5.73 Å². The summed E-state index contributed by atoms with van der Waals surface area (Å²) >= 11 is 0. The van der Waals surface area contributed by atoms with Crippen LogP contribution in [-0.4, -0.2) is 50.6 Å². The Balaban J connectivity index is 2.70. The molecule has 7 nitrogen and oxygen atoms in total. The first-order chi connectivity index (χ1) is 10.3. The molecule has 0 aliphatic carbocycles. The Morgan fingerprint density at radius 2 is 2.00 bits per heavy atom. The molecule has 0 aliphatic heterocycles. The third-order valence-corrected chi connectivity index (χ3v) is 2.96. The van der Waals surface area contributed by atoms with Crippen molar-refractivity contribution in [3.63, 3.8) is 0 Å². The molecule has 1 aromatic rings. The van der Waals surface area contributed by atoms with Gasteiger partial charge < -0.3 is 25.4 Å². The summed E-state index contributed by atoms with van der Waals surface area (Å²) in [5.41, 5.74) is 6.32. The third kappa shape index (κ3) is 5.25. The number of amides is 2. The maximum Gasteiger partial charge on any atom is 0.259 e. The Kier molecular flexibility index (Phi) is 6.65. The molecule has 0 bridgehead atoms. The second-order valence-corrected chi connectivity index (χ2v) is 5.07. The smallest absolute Gasteiger partial charge is 0.259 e. The molecule has 0 saturated carbocycles. The third-order valence-electron chi connectivity index (χ3n) is 2.96. The first-order valence-corrected chi connectivity index (χ1v) is 6.88. The number of benzene rings is 1. The largest absolute Gasteiger partial charge is 0.493 e. The van der Waals surface area contributed by atoms with Gasteiger partial charge in [-0.05, 0) is 24.6 Å². The fraction of sp³-hybridized carbons (Fsp3) is 0.467. The van der Waals surface area contributed by atoms with E-state index in [-0.39, 0.29) is 18.4 Å². The summed E-state index contributed by atoms with van der Waals surface area (Å²) in [6.07, 6.45) is 0. The molecule has 1 aromatic carbocycles. The lowest BCUT2D eigenvalue weighted by atomic mass is 10.2. The Labute approximate surface area is 130 Å². The lowest BCUT2D eigenvalue weighted by Crippen LogP contribution is -2.37. The van der Waals surface area contributed by atoms with Crippen molar-refractivity contribution in [2.75, 3.05) is 27.8 Å². The molecule has 0 aliphatic rings. The highest BCUT2D eigenvalue weighted by atomic mass is 16.5. The molecular formula is C15H23N3O4. The van der Waals surface area contributed by atoms with Crippen LogP contribution in [0, 0.1) is 0 Å². The molecule has 0 saturated heterocycles. The number of carbonyl (C=O) groups is 2. The molecule has 1 atom stereocenters. The fourth-order valence-corrected chi connectivity index (χ4v) is 1.56. The van der Waals surface area contributed by atoms with Crippen LogP contribution in [-0.2, 0) is 16.1 Å². The first kappa shape index (κ1) is 17.8. The second-order valence-electron chi connectivity index (χ2n) is 5.07. The van der Waals surface area contributed by atoms with E-state index < -0.39 is 6.04 Å². The van der Waals surface area contributed by atoms with Crippen molar-refractivity contribution in [3.8, 4) is 11.5 Å². The van der Waals surface area contributed by atoms with Crippen LogP contribution in [0.2, 0.25) is 0 Å². The van der Waals surface area contributed by atoms with E-state index in [1.807, 2.05) is 0 Å². The van der Waals surface area contributed by atoms with E-state index in [1.165, 1.54) is 12.0 Å². The van der Waals surface area contributed by atoms with E-state index in [2.05, 4.69) is 5.32 Å². The van der Waals surface area contributed by atoms with E-state index >= 15 is 0 Å². The minimum Gasteiger partial charge on any atom is -0.493 e. The van der Waals surface area contributed by atoms with E-state index in [4.69, 9.17) is 15.2 Å². The van der Waals surface area contributed by atoms with Crippen LogP contribution in [0.4, 0.5) is 0 Å². The average Bonchev–Trinajstić information content (AvgIpc) is 2.49. The Bertz CT molecular complexity index is 530. The van der Waals surface area contributed by atoms with Gasteiger partial charge in [-0.25, -0.2) is 0 Å². The number of nitrogens with zero attached hydrogens (tertiary/aromatic N) is 1. The maximum absolute atomic E-state index is 11.5. The molecule has 0 spiro atoms. The molecule has 7 heteroatoms. The topological polar surface area (TPSA) is 93.9 Å². The van der Waals surface area contributed by atoms with Gasteiger partial charge in [-0.1, -0.05) is 6.07 Å². The highest BCUT2D eigenvalue weighted by Crippen LogP contribution is 2.28. The molecule has 0 radical (unpaired) electrons. The molecule has 3 N–H and O–H groups in total. The zero-order chi connectivity index (χ0) is 16.7. The number of nitrogens with one attached hydrogen (secondary N) is 1. The lowest BCUT2D eigenvalue weighted by molar-refractivity contribution is -0.130. The summed E-state index contributed by atoms with van der Waals surface area (Å²) < 4.78 is 10.7. The number of rotatable bonds is 7. The van der Waals surface area contributed by atoms with Crippen LogP contribution >= 0.6 is 0 Å². The van der Waals surface area contributed by atoms with Crippen molar-refractivity contribution in [2.45, 2.75) is 19.5 Å². The van der Waals surface area contributed by atoms with E-state index in [0.717, 1.165) is 5.56 Å². The van der Waals surface area contributed by atoms with Crippen LogP contribution < -0.4 is 20.5 Å². The summed E-state index contributed by atoms with van der Waals surface area (Å²) in [6.45, 7) is 1.90. The highest BCUT2D eigenvalue weighted by molar-refractivity contribution is 5.81. The summed E-state index contributed by atoms with van der Waals surface area (Å²) in [5.74, 6) is 0.602. The quantitative estimate of drug-likeness (QED) is 0.746. The van der Waals surface area contributed by atoms with Crippen LogP contribution in [0.3, 0.4) is 0 Å². The zero-order valence-corrected chi connectivity index (χ0v) is 13.4. The van der Waals surface area contributed by atoms with Crippen molar-refractivity contribution >= 4 is 11.8 Å². The standard InChI is InChI=1S/C15H23N3O4/c1-10(16)15(20)17-8-11-5-6-12(13(7-11)21-4)22-9-14(19)18(2)3/h5-7,10H,8-9,16H2,1-4H3,(H,17,20)/t10-/m1/s1. The van der Waals surface area contributed by atoms with E-state index in [0.29, 0.717) is 18.0 Å². The number of likely N-dealkylation sites (N-methyl/N-ethyl adjacent to an activating group) is 1. The molecule has 1 rings (SSSR count). The molecule has 0 aromatic heterocycles. The van der Waals surface area contributed by atoms with Crippen molar-refractivity contribution < 1.29 is 19.1 Å². The molecule has 2 amide bonds. The maximum atomic E-state index is 11.5. The number of methoxy groups -OCH3 is 1. The highest BCUT2D eigenvalue weighted by Gasteiger charge is 2.11. The van der Waals surface area contributed by atoms with E-state index in [9.17, 15) is 9.59 Å². The lowest BCUT2D eigenvalue weighted by Gasteiger charge is -2.14. The molecular weight excluding hydrogens is 286 g/mol. The number of carbonyl (C=O) groups excluding carboxylic acids is 2. The van der Waals surface area contributed by atoms with Gasteiger partial charge in [0, 0.05) is 20.6 Å². The second kappa shape index (κ2) is 8.23. The van der Waals surface area contributed by atoms with Gasteiger partial charge in [0.2, 0.25) is 5.91 Å². The van der Waals surface area contributed by atoms with Gasteiger partial charge in [0.05, 0.1) is 13.2 Å². The monoisotopic (exact) mass is 309 g/mol. The predicted molar refractivity (Wildman–Crippen MR) is 82.7 cm³/mol. The Hall–Kier alpha value is -2.28. The summed E-state index contributed by atoms with van der Waals surface area (Å²) in [6, 6.07) is 4.69. The number of hydrogen-bond acceptors (Lipinski definition) is 5. The first-order valence-electron chi connectivity index (χ1n) is 6.88. The van der Waals surface area contributed by atoms with E-state index in [1.54, 1.807) is 39.2 Å². The number of ether oxygens (including phenoxy) is 2. The Morgan fingerprint density at radius 1 is 1.32 bits per heavy atom. The number of nitrogens with two attached hydrogens (primary N) is 1. The predicted octanol–water partition coefficient (Wildman–Crippen LogP) is 0.126. The van der Waals surface area contributed by atoms with Crippen LogP contribution in [0.1, 0.15) is 12.5 Å². The molecule has 0 fully saturated rings. The summed E-state index contributed by atoms with van der Waals surface area (Å²) in [5, 5.41) is 2.71. The zero-order valence-electron chi connectivity index (χ0n) is 13.4. The minimum atomic E-state index is -0.554. The van der Waals surface area contributed by atoms with Gasteiger partial charge in [-0.15, -0.1) is 0 Å². The van der Waals surface area contributed by atoms with Gasteiger partial charge in [0.1, 0.15) is 0 Å². The summed E-state index contributed by atoms with van der Waals surface area (Å²) in [7, 11) is 4.83. The molecule has 22 heavy (non-hydrogen) atoms. The normalized spacial score (nSPS) is 11.5. The van der Waals surface area contributed by atoms with Crippen LogP contribution in [0.15, 0.2) is 18.2 Å². The Morgan fingerprint density at radius 3 is 2.55 bits per heavy atom. The van der Waals surface area contributed by atoms with Gasteiger partial charge in [-0.3, -0.25) is 9.59 Å². The fourth-order valence-electron chi connectivity index (χ4n) is 1.56. The van der Waals surface area contributed by atoms with Gasteiger partial charge in [0.25, 0.3) is 5.91 Å². The molecule has 0 unspecified atom stereocenters. The average molecular weight is 309 g/mol. The SMILES string of the molecule is COc1cc(CNC(=O)[C@@H](C)N)ccc1OCC(=O)N(C)C. The van der Waals surface area contributed by atoms with Crippen molar-refractivity contribution in [3.05, 3.63) is 23.8 Å². The summed E-state index contributed by atoms with van der Waals surface area (Å²) in [4.78, 5) is 24.4. The van der Waals surface area contributed by atoms with Crippen molar-refractivity contribution in [1.82, 2.24) is 10.2 Å². The van der Waals surface area contributed by atoms with Gasteiger partial charge in [0.15, 0.2) is 18.1 Å². The molecule has 122 valence electrons. The van der Waals surface area contributed by atoms with Gasteiger partial charge >= 0.3 is 0 Å².